The van der Waals surface area contributed by atoms with Gasteiger partial charge < -0.3 is 9.84 Å². The highest BCUT2D eigenvalue weighted by molar-refractivity contribution is 7.98. The van der Waals surface area contributed by atoms with Gasteiger partial charge in [0.2, 0.25) is 5.89 Å². The number of nitrogens with zero attached hydrogens (tertiary/aromatic N) is 2. The summed E-state index contributed by atoms with van der Waals surface area (Å²) in [6.07, 6.45) is 3.40. The van der Waals surface area contributed by atoms with Crippen molar-refractivity contribution >= 4 is 11.8 Å². The van der Waals surface area contributed by atoms with Crippen LogP contribution in [0, 0.1) is 0 Å². The lowest BCUT2D eigenvalue weighted by atomic mass is 9.93. The quantitative estimate of drug-likeness (QED) is 0.820. The zero-order chi connectivity index (χ0) is 12.1. The number of nitrogens with one attached hydrogen (secondary N) is 1. The first-order chi connectivity index (χ1) is 8.29. The molecule has 1 aliphatic rings. The molecular weight excluding hydrogens is 234 g/mol. The highest BCUT2D eigenvalue weighted by Gasteiger charge is 2.24. The number of thioether (sulfide) groups is 1. The van der Waals surface area contributed by atoms with Crippen LogP contribution in [0.25, 0.3) is 0 Å². The average molecular weight is 255 g/mol. The molecular formula is C12H21N3OS. The minimum atomic E-state index is 0.448. The van der Waals surface area contributed by atoms with Crippen molar-refractivity contribution in [2.24, 2.45) is 0 Å². The van der Waals surface area contributed by atoms with Crippen molar-refractivity contribution in [3.05, 3.63) is 11.7 Å². The molecule has 1 saturated heterocycles. The molecule has 1 aromatic heterocycles. The summed E-state index contributed by atoms with van der Waals surface area (Å²) < 4.78 is 5.38. The van der Waals surface area contributed by atoms with Gasteiger partial charge in [0.15, 0.2) is 5.82 Å². The number of aromatic nitrogens is 2. The Balaban J connectivity index is 1.88. The fourth-order valence-corrected chi connectivity index (χ4v) is 2.89. The maximum Gasteiger partial charge on any atom is 0.229 e. The van der Waals surface area contributed by atoms with E-state index in [4.69, 9.17) is 4.52 Å². The molecule has 4 nitrogen and oxygen atoms in total. The summed E-state index contributed by atoms with van der Waals surface area (Å²) in [4.78, 5) is 4.51. The molecule has 0 spiro atoms. The van der Waals surface area contributed by atoms with Crippen molar-refractivity contribution < 1.29 is 4.52 Å². The van der Waals surface area contributed by atoms with Crippen molar-refractivity contribution in [3.8, 4) is 0 Å². The fraction of sp³-hybridized carbons (Fsp3) is 0.833. The van der Waals surface area contributed by atoms with Crippen molar-refractivity contribution in [1.82, 2.24) is 15.5 Å². The van der Waals surface area contributed by atoms with Crippen LogP contribution in [-0.2, 0) is 5.75 Å². The highest BCUT2D eigenvalue weighted by Crippen LogP contribution is 2.26. The molecule has 0 radical (unpaired) electrons. The minimum Gasteiger partial charge on any atom is -0.339 e. The van der Waals surface area contributed by atoms with Crippen LogP contribution in [0.3, 0.4) is 0 Å². The molecule has 17 heavy (non-hydrogen) atoms. The second kappa shape index (κ2) is 6.40. The summed E-state index contributed by atoms with van der Waals surface area (Å²) in [6.45, 7) is 5.44. The standard InChI is InChI=1S/C12H21N3OS/c1-3-6-17-8-11-14-12(16-15-11)10-4-5-13-9(2)7-10/h9-10,13H,3-8H2,1-2H3. The zero-order valence-corrected chi connectivity index (χ0v) is 11.4. The van der Waals surface area contributed by atoms with Gasteiger partial charge >= 0.3 is 0 Å². The third-order valence-corrected chi connectivity index (χ3v) is 4.20. The van der Waals surface area contributed by atoms with Gasteiger partial charge in [-0.05, 0) is 38.5 Å². The topological polar surface area (TPSA) is 51.0 Å². The summed E-state index contributed by atoms with van der Waals surface area (Å²) in [6, 6.07) is 0.554. The molecule has 0 saturated carbocycles. The summed E-state index contributed by atoms with van der Waals surface area (Å²) in [5.74, 6) is 4.17. The largest absolute Gasteiger partial charge is 0.339 e. The highest BCUT2D eigenvalue weighted by atomic mass is 32.2. The summed E-state index contributed by atoms with van der Waals surface area (Å²) in [5.41, 5.74) is 0. The van der Waals surface area contributed by atoms with Gasteiger partial charge in [0.25, 0.3) is 0 Å². The Morgan fingerprint density at radius 3 is 3.18 bits per heavy atom. The Labute approximate surface area is 107 Å². The smallest absolute Gasteiger partial charge is 0.229 e. The van der Waals surface area contributed by atoms with Crippen LogP contribution in [0.15, 0.2) is 4.52 Å². The molecule has 96 valence electrons. The molecule has 5 heteroatoms. The van der Waals surface area contributed by atoms with Gasteiger partial charge in [-0.1, -0.05) is 12.1 Å². The Hall–Kier alpha value is -0.550. The van der Waals surface area contributed by atoms with Gasteiger partial charge in [-0.3, -0.25) is 0 Å². The number of hydrogen-bond donors (Lipinski definition) is 1. The van der Waals surface area contributed by atoms with E-state index in [1.807, 2.05) is 11.8 Å². The van der Waals surface area contributed by atoms with Crippen LogP contribution in [0.1, 0.15) is 50.7 Å². The van der Waals surface area contributed by atoms with Crippen molar-refractivity contribution in [1.29, 1.82) is 0 Å². The lowest BCUT2D eigenvalue weighted by Gasteiger charge is -2.25. The van der Waals surface area contributed by atoms with E-state index in [2.05, 4.69) is 29.3 Å². The molecule has 2 unspecified atom stereocenters. The van der Waals surface area contributed by atoms with Crippen molar-refractivity contribution in [2.75, 3.05) is 12.3 Å². The SMILES string of the molecule is CCCSCc1noc(C2CCNC(C)C2)n1. The molecule has 0 amide bonds. The maximum atomic E-state index is 5.38. The first-order valence-corrected chi connectivity index (χ1v) is 7.58. The molecule has 1 N–H and O–H groups in total. The van der Waals surface area contributed by atoms with Gasteiger partial charge in [-0.15, -0.1) is 0 Å². The van der Waals surface area contributed by atoms with E-state index >= 15 is 0 Å². The molecule has 1 aromatic rings. The molecule has 2 rings (SSSR count). The van der Waals surface area contributed by atoms with Crippen LogP contribution in [0.4, 0.5) is 0 Å². The van der Waals surface area contributed by atoms with Crippen LogP contribution in [-0.4, -0.2) is 28.5 Å². The predicted molar refractivity (Wildman–Crippen MR) is 70.2 cm³/mol. The molecule has 0 aromatic carbocycles. The van der Waals surface area contributed by atoms with Gasteiger partial charge in [0.05, 0.1) is 5.75 Å². The lowest BCUT2D eigenvalue weighted by molar-refractivity contribution is 0.294. The summed E-state index contributed by atoms with van der Waals surface area (Å²) in [7, 11) is 0. The van der Waals surface area contributed by atoms with Crippen molar-refractivity contribution in [2.45, 2.75) is 50.8 Å². The van der Waals surface area contributed by atoms with Crippen LogP contribution in [0.5, 0.6) is 0 Å². The Kier molecular flexibility index (Phi) is 4.86. The average Bonchev–Trinajstić information content (AvgIpc) is 2.78. The third kappa shape index (κ3) is 3.71. The van der Waals surface area contributed by atoms with Gasteiger partial charge in [0, 0.05) is 12.0 Å². The van der Waals surface area contributed by atoms with E-state index in [1.54, 1.807) is 0 Å². The van der Waals surface area contributed by atoms with E-state index in [-0.39, 0.29) is 0 Å². The second-order valence-electron chi connectivity index (χ2n) is 4.68. The van der Waals surface area contributed by atoms with E-state index < -0.39 is 0 Å². The number of rotatable bonds is 5. The Morgan fingerprint density at radius 1 is 1.53 bits per heavy atom. The van der Waals surface area contributed by atoms with Crippen molar-refractivity contribution in [3.63, 3.8) is 0 Å². The second-order valence-corrected chi connectivity index (χ2v) is 5.78. The first kappa shape index (κ1) is 12.9. The van der Waals surface area contributed by atoms with E-state index in [0.29, 0.717) is 12.0 Å². The van der Waals surface area contributed by atoms with E-state index in [0.717, 1.165) is 42.6 Å². The Morgan fingerprint density at radius 2 is 2.41 bits per heavy atom. The summed E-state index contributed by atoms with van der Waals surface area (Å²) >= 11 is 1.87. The molecule has 1 aliphatic heterocycles. The molecule has 1 fully saturated rings. The predicted octanol–water partition coefficient (Wildman–Crippen LogP) is 2.57. The van der Waals surface area contributed by atoms with E-state index in [1.165, 1.54) is 6.42 Å². The monoisotopic (exact) mass is 255 g/mol. The van der Waals surface area contributed by atoms with Crippen LogP contribution < -0.4 is 5.32 Å². The zero-order valence-electron chi connectivity index (χ0n) is 10.6. The minimum absolute atomic E-state index is 0.448. The third-order valence-electron chi connectivity index (χ3n) is 3.04. The normalized spacial score (nSPS) is 25.1. The van der Waals surface area contributed by atoms with Gasteiger partial charge in [0.1, 0.15) is 0 Å². The van der Waals surface area contributed by atoms with Crippen LogP contribution >= 0.6 is 11.8 Å². The molecule has 2 heterocycles. The fourth-order valence-electron chi connectivity index (χ4n) is 2.16. The first-order valence-electron chi connectivity index (χ1n) is 6.43. The van der Waals surface area contributed by atoms with Crippen LogP contribution in [0.2, 0.25) is 0 Å². The number of piperidine rings is 1. The Bertz CT molecular complexity index is 342. The van der Waals surface area contributed by atoms with E-state index in [9.17, 15) is 0 Å². The lowest BCUT2D eigenvalue weighted by Crippen LogP contribution is -2.34. The number of hydrogen-bond acceptors (Lipinski definition) is 5. The molecule has 0 aliphatic carbocycles. The molecule has 0 bridgehead atoms. The molecule has 2 atom stereocenters. The van der Waals surface area contributed by atoms with Gasteiger partial charge in [-0.2, -0.15) is 16.7 Å². The summed E-state index contributed by atoms with van der Waals surface area (Å²) in [5, 5.41) is 7.50. The van der Waals surface area contributed by atoms with Gasteiger partial charge in [-0.25, -0.2) is 0 Å². The maximum absolute atomic E-state index is 5.38.